The van der Waals surface area contributed by atoms with Gasteiger partial charge in [0.25, 0.3) is 5.91 Å². The number of nitrogens with one attached hydrogen (secondary N) is 1. The molecule has 1 aromatic carbocycles. The fourth-order valence-electron chi connectivity index (χ4n) is 3.42. The van der Waals surface area contributed by atoms with Gasteiger partial charge in [-0.05, 0) is 37.3 Å². The van der Waals surface area contributed by atoms with Crippen molar-refractivity contribution in [3.05, 3.63) is 78.4 Å². The molecule has 0 aliphatic rings. The van der Waals surface area contributed by atoms with Crippen LogP contribution >= 0.6 is 0 Å². The van der Waals surface area contributed by atoms with Crippen LogP contribution in [0.5, 0.6) is 0 Å². The number of carbonyl (C=O) groups is 1. The van der Waals surface area contributed by atoms with Crippen molar-refractivity contribution in [1.29, 1.82) is 0 Å². The molecule has 1 N–H and O–H groups in total. The summed E-state index contributed by atoms with van der Waals surface area (Å²) in [4.78, 5) is 17.6. The van der Waals surface area contributed by atoms with E-state index in [1.165, 1.54) is 0 Å². The molecule has 0 bridgehead atoms. The number of aromatic nitrogens is 5. The number of nitrogens with zero attached hydrogens (tertiary/aromatic N) is 5. The van der Waals surface area contributed by atoms with Crippen molar-refractivity contribution in [1.82, 2.24) is 24.5 Å². The zero-order valence-corrected chi connectivity index (χ0v) is 16.4. The SMILES string of the molecule is Cc1nn(C)c2ncc(NC(=O)c3cc(-c4ccco4)nn3-c3ccccc3)cc12. The standard InChI is InChI=1S/C22H18N6O2/c1-14-17-11-15(13-23-21(17)27(2)25-14)24-22(29)19-12-18(20-9-6-10-30-20)26-28(19)16-7-4-3-5-8-16/h3-13H,1-2H3,(H,24,29). The van der Waals surface area contributed by atoms with Crippen LogP contribution in [0.3, 0.4) is 0 Å². The molecule has 5 rings (SSSR count). The van der Waals surface area contributed by atoms with Crippen LogP contribution in [0.4, 0.5) is 5.69 Å². The molecule has 0 unspecified atom stereocenters. The summed E-state index contributed by atoms with van der Waals surface area (Å²) in [5, 5.41) is 12.8. The Hall–Kier alpha value is -4.20. The fourth-order valence-corrected chi connectivity index (χ4v) is 3.42. The smallest absolute Gasteiger partial charge is 0.274 e. The first-order valence-corrected chi connectivity index (χ1v) is 9.40. The molecular formula is C22H18N6O2. The Morgan fingerprint density at radius 1 is 1.07 bits per heavy atom. The normalized spacial score (nSPS) is 11.1. The number of anilines is 1. The van der Waals surface area contributed by atoms with Crippen LogP contribution < -0.4 is 5.32 Å². The summed E-state index contributed by atoms with van der Waals surface area (Å²) >= 11 is 0. The first-order chi connectivity index (χ1) is 14.6. The molecule has 8 nitrogen and oxygen atoms in total. The fraction of sp³-hybridized carbons (Fsp3) is 0.0909. The molecule has 8 heteroatoms. The first-order valence-electron chi connectivity index (χ1n) is 9.40. The molecule has 4 heterocycles. The number of furan rings is 1. The van der Waals surface area contributed by atoms with Gasteiger partial charge >= 0.3 is 0 Å². The van der Waals surface area contributed by atoms with Crippen LogP contribution in [0.2, 0.25) is 0 Å². The maximum Gasteiger partial charge on any atom is 0.274 e. The Labute approximate surface area is 171 Å². The third kappa shape index (κ3) is 3.04. The van der Waals surface area contributed by atoms with Crippen molar-refractivity contribution in [3.63, 3.8) is 0 Å². The lowest BCUT2D eigenvalue weighted by molar-refractivity contribution is 0.101. The van der Waals surface area contributed by atoms with Gasteiger partial charge in [0.05, 0.1) is 29.5 Å². The quantitative estimate of drug-likeness (QED) is 0.495. The van der Waals surface area contributed by atoms with Crippen LogP contribution in [-0.2, 0) is 7.05 Å². The molecule has 30 heavy (non-hydrogen) atoms. The minimum absolute atomic E-state index is 0.299. The number of rotatable bonds is 4. The topological polar surface area (TPSA) is 90.8 Å². The lowest BCUT2D eigenvalue weighted by atomic mass is 10.2. The second-order valence-corrected chi connectivity index (χ2v) is 6.90. The van der Waals surface area contributed by atoms with E-state index in [0.717, 1.165) is 22.4 Å². The van der Waals surface area contributed by atoms with Gasteiger partial charge in [0.2, 0.25) is 0 Å². The predicted octanol–water partition coefficient (Wildman–Crippen LogP) is 3.97. The zero-order valence-electron chi connectivity index (χ0n) is 16.4. The summed E-state index contributed by atoms with van der Waals surface area (Å²) in [6.45, 7) is 1.91. The Balaban J connectivity index is 1.54. The molecule has 1 amide bonds. The molecule has 148 valence electrons. The molecule has 0 aliphatic heterocycles. The van der Waals surface area contributed by atoms with Crippen molar-refractivity contribution in [2.45, 2.75) is 6.92 Å². The largest absolute Gasteiger partial charge is 0.463 e. The van der Waals surface area contributed by atoms with Crippen molar-refractivity contribution < 1.29 is 9.21 Å². The highest BCUT2D eigenvalue weighted by Gasteiger charge is 2.19. The minimum atomic E-state index is -0.299. The van der Waals surface area contributed by atoms with Gasteiger partial charge in [-0.25, -0.2) is 9.67 Å². The molecule has 0 saturated carbocycles. The van der Waals surface area contributed by atoms with E-state index < -0.39 is 0 Å². The minimum Gasteiger partial charge on any atom is -0.463 e. The van der Waals surface area contributed by atoms with E-state index >= 15 is 0 Å². The Bertz CT molecular complexity index is 1350. The van der Waals surface area contributed by atoms with Gasteiger partial charge in [-0.15, -0.1) is 0 Å². The molecule has 0 atom stereocenters. The molecule has 0 fully saturated rings. The number of benzene rings is 1. The zero-order chi connectivity index (χ0) is 20.7. The third-order valence-electron chi connectivity index (χ3n) is 4.84. The van der Waals surface area contributed by atoms with E-state index in [1.807, 2.05) is 56.4 Å². The van der Waals surface area contributed by atoms with E-state index in [1.54, 1.807) is 34.0 Å². The molecule has 0 radical (unpaired) electrons. The first kappa shape index (κ1) is 17.9. The molecule has 0 saturated heterocycles. The highest BCUT2D eigenvalue weighted by atomic mass is 16.3. The van der Waals surface area contributed by atoms with E-state index in [-0.39, 0.29) is 5.91 Å². The van der Waals surface area contributed by atoms with Gasteiger partial charge in [0, 0.05) is 18.5 Å². The van der Waals surface area contributed by atoms with Crippen LogP contribution in [-0.4, -0.2) is 30.5 Å². The van der Waals surface area contributed by atoms with Crippen LogP contribution in [0.25, 0.3) is 28.2 Å². The van der Waals surface area contributed by atoms with Crippen LogP contribution in [0.15, 0.2) is 71.5 Å². The number of para-hydroxylation sites is 1. The number of carbonyl (C=O) groups excluding carboxylic acids is 1. The monoisotopic (exact) mass is 398 g/mol. The molecular weight excluding hydrogens is 380 g/mol. The van der Waals surface area contributed by atoms with Crippen molar-refractivity contribution >= 4 is 22.6 Å². The molecule has 4 aromatic heterocycles. The highest BCUT2D eigenvalue weighted by molar-refractivity contribution is 6.04. The average Bonchev–Trinajstić information content (AvgIpc) is 3.48. The predicted molar refractivity (Wildman–Crippen MR) is 112 cm³/mol. The number of amides is 1. The lowest BCUT2D eigenvalue weighted by Crippen LogP contribution is -2.17. The summed E-state index contributed by atoms with van der Waals surface area (Å²) in [5.41, 5.74) is 3.94. The van der Waals surface area contributed by atoms with E-state index in [9.17, 15) is 4.79 Å². The Kier molecular flexibility index (Phi) is 4.17. The number of aryl methyl sites for hydroxylation is 2. The highest BCUT2D eigenvalue weighted by Crippen LogP contribution is 2.24. The third-order valence-corrected chi connectivity index (χ3v) is 4.84. The summed E-state index contributed by atoms with van der Waals surface area (Å²) in [5.74, 6) is 0.291. The van der Waals surface area contributed by atoms with Crippen molar-refractivity contribution in [2.24, 2.45) is 7.05 Å². The summed E-state index contributed by atoms with van der Waals surface area (Å²) in [6.07, 6.45) is 3.20. The maximum atomic E-state index is 13.2. The van der Waals surface area contributed by atoms with Gasteiger partial charge in [0.1, 0.15) is 11.4 Å². The average molecular weight is 398 g/mol. The maximum absolute atomic E-state index is 13.2. The number of hydrogen-bond donors (Lipinski definition) is 1. The second-order valence-electron chi connectivity index (χ2n) is 6.90. The molecule has 0 spiro atoms. The van der Waals surface area contributed by atoms with Crippen LogP contribution in [0.1, 0.15) is 16.2 Å². The van der Waals surface area contributed by atoms with Gasteiger partial charge in [-0.1, -0.05) is 18.2 Å². The summed E-state index contributed by atoms with van der Waals surface area (Å²) < 4.78 is 8.78. The van der Waals surface area contributed by atoms with Crippen molar-refractivity contribution in [3.8, 4) is 17.1 Å². The second kappa shape index (κ2) is 7.00. The summed E-state index contributed by atoms with van der Waals surface area (Å²) in [6, 6.07) is 16.7. The Morgan fingerprint density at radius 2 is 1.90 bits per heavy atom. The lowest BCUT2D eigenvalue weighted by Gasteiger charge is -2.08. The number of pyridine rings is 1. The number of hydrogen-bond acceptors (Lipinski definition) is 5. The van der Waals surface area contributed by atoms with E-state index in [0.29, 0.717) is 22.8 Å². The van der Waals surface area contributed by atoms with Gasteiger partial charge in [-0.2, -0.15) is 10.2 Å². The summed E-state index contributed by atoms with van der Waals surface area (Å²) in [7, 11) is 1.84. The molecule has 5 aromatic rings. The van der Waals surface area contributed by atoms with Gasteiger partial charge in [0.15, 0.2) is 11.4 Å². The van der Waals surface area contributed by atoms with E-state index in [2.05, 4.69) is 20.5 Å². The van der Waals surface area contributed by atoms with Crippen LogP contribution in [0, 0.1) is 6.92 Å². The van der Waals surface area contributed by atoms with Gasteiger partial charge < -0.3 is 9.73 Å². The van der Waals surface area contributed by atoms with Crippen molar-refractivity contribution in [2.75, 3.05) is 5.32 Å². The van der Waals surface area contributed by atoms with Gasteiger partial charge in [-0.3, -0.25) is 9.48 Å². The molecule has 0 aliphatic carbocycles. The van der Waals surface area contributed by atoms with E-state index in [4.69, 9.17) is 4.42 Å². The Morgan fingerprint density at radius 3 is 2.67 bits per heavy atom. The number of fused-ring (bicyclic) bond motifs is 1.